The molecule has 102 valence electrons. The van der Waals surface area contributed by atoms with Gasteiger partial charge in [0, 0.05) is 34.3 Å². The quantitative estimate of drug-likeness (QED) is 0.604. The van der Waals surface area contributed by atoms with Crippen LogP contribution in [0.2, 0.25) is 0 Å². The number of para-hydroxylation sites is 1. The van der Waals surface area contributed by atoms with Gasteiger partial charge in [-0.25, -0.2) is 4.39 Å². The van der Waals surface area contributed by atoms with Gasteiger partial charge in [0.2, 0.25) is 0 Å². The first-order valence-corrected chi connectivity index (χ1v) is 7.71. The summed E-state index contributed by atoms with van der Waals surface area (Å²) in [4.78, 5) is 1.26. The third-order valence-electron chi connectivity index (χ3n) is 3.38. The molecule has 3 aromatic rings. The van der Waals surface area contributed by atoms with Crippen molar-refractivity contribution in [2.24, 2.45) is 0 Å². The largest absolute Gasteiger partial charge is 0.347 e. The normalized spacial score (nSPS) is 11.1. The first-order valence-electron chi connectivity index (χ1n) is 6.73. The lowest BCUT2D eigenvalue weighted by Crippen LogP contribution is -1.89. The van der Waals surface area contributed by atoms with E-state index in [1.54, 1.807) is 23.9 Å². The summed E-state index contributed by atoms with van der Waals surface area (Å²) in [5, 5.41) is 1.27. The van der Waals surface area contributed by atoms with Crippen molar-refractivity contribution in [3.05, 3.63) is 66.1 Å². The van der Waals surface area contributed by atoms with Crippen molar-refractivity contribution in [2.75, 3.05) is 0 Å². The molecule has 0 N–H and O–H groups in total. The highest BCUT2D eigenvalue weighted by Gasteiger charge is 2.07. The van der Waals surface area contributed by atoms with E-state index in [1.807, 2.05) is 6.07 Å². The average molecular weight is 285 g/mol. The third kappa shape index (κ3) is 2.59. The highest BCUT2D eigenvalue weighted by molar-refractivity contribution is 7.98. The minimum atomic E-state index is -0.168. The van der Waals surface area contributed by atoms with E-state index in [1.165, 1.54) is 21.9 Å². The molecular formula is C17H16FNS. The Balaban J connectivity index is 1.88. The van der Waals surface area contributed by atoms with Gasteiger partial charge in [-0.1, -0.05) is 30.3 Å². The summed E-state index contributed by atoms with van der Waals surface area (Å²) in [6.45, 7) is 3.11. The van der Waals surface area contributed by atoms with E-state index in [2.05, 4.69) is 42.0 Å². The maximum atomic E-state index is 13.2. The number of hydrogen-bond acceptors (Lipinski definition) is 1. The van der Waals surface area contributed by atoms with Crippen LogP contribution in [0.4, 0.5) is 4.39 Å². The molecule has 0 radical (unpaired) electrons. The topological polar surface area (TPSA) is 4.93 Å². The lowest BCUT2D eigenvalue weighted by molar-refractivity contribution is 0.626. The zero-order valence-corrected chi connectivity index (χ0v) is 12.2. The number of benzene rings is 2. The fourth-order valence-electron chi connectivity index (χ4n) is 2.38. The average Bonchev–Trinajstić information content (AvgIpc) is 2.83. The Labute approximate surface area is 122 Å². The Morgan fingerprint density at radius 2 is 1.95 bits per heavy atom. The molecule has 0 saturated heterocycles. The van der Waals surface area contributed by atoms with Crippen molar-refractivity contribution in [2.45, 2.75) is 24.1 Å². The van der Waals surface area contributed by atoms with Gasteiger partial charge in [0.1, 0.15) is 5.82 Å². The van der Waals surface area contributed by atoms with E-state index in [0.29, 0.717) is 0 Å². The Bertz CT molecular complexity index is 733. The van der Waals surface area contributed by atoms with Gasteiger partial charge in [0.25, 0.3) is 0 Å². The molecule has 1 aromatic heterocycles. The van der Waals surface area contributed by atoms with Crippen LogP contribution in [0, 0.1) is 5.82 Å². The number of halogens is 1. The first kappa shape index (κ1) is 13.3. The summed E-state index contributed by atoms with van der Waals surface area (Å²) >= 11 is 1.76. The Morgan fingerprint density at radius 1 is 1.10 bits per heavy atom. The fraction of sp³-hybridized carbons (Fsp3) is 0.176. The zero-order valence-electron chi connectivity index (χ0n) is 11.3. The van der Waals surface area contributed by atoms with Crippen LogP contribution < -0.4 is 0 Å². The van der Waals surface area contributed by atoms with Gasteiger partial charge in [-0.15, -0.1) is 11.8 Å². The zero-order chi connectivity index (χ0) is 13.9. The summed E-state index contributed by atoms with van der Waals surface area (Å²) < 4.78 is 15.4. The molecule has 2 aromatic carbocycles. The van der Waals surface area contributed by atoms with Gasteiger partial charge in [0.05, 0.1) is 0 Å². The maximum Gasteiger partial charge on any atom is 0.123 e. The number of hydrogen-bond donors (Lipinski definition) is 0. The van der Waals surface area contributed by atoms with Gasteiger partial charge in [-0.2, -0.15) is 0 Å². The number of thioether (sulfide) groups is 1. The Hall–Kier alpha value is -1.74. The van der Waals surface area contributed by atoms with Gasteiger partial charge in [-0.05, 0) is 30.7 Å². The summed E-state index contributed by atoms with van der Waals surface area (Å²) in [6.07, 6.45) is 2.19. The van der Waals surface area contributed by atoms with E-state index in [-0.39, 0.29) is 5.82 Å². The monoisotopic (exact) mass is 285 g/mol. The number of aromatic nitrogens is 1. The molecule has 0 amide bonds. The lowest BCUT2D eigenvalue weighted by Gasteiger charge is -2.01. The van der Waals surface area contributed by atoms with Crippen molar-refractivity contribution in [3.63, 3.8) is 0 Å². The lowest BCUT2D eigenvalue weighted by atomic mass is 10.2. The molecule has 0 aliphatic rings. The molecule has 0 aliphatic carbocycles. The molecular weight excluding hydrogens is 269 g/mol. The molecule has 1 heterocycles. The molecule has 0 unspecified atom stereocenters. The van der Waals surface area contributed by atoms with Crippen LogP contribution in [0.5, 0.6) is 0 Å². The van der Waals surface area contributed by atoms with Crippen LogP contribution in [-0.4, -0.2) is 4.57 Å². The van der Waals surface area contributed by atoms with Crippen LogP contribution >= 0.6 is 11.8 Å². The first-order chi connectivity index (χ1) is 9.78. The standard InChI is InChI=1S/C17H16FNS/c1-2-19-11-17(15-8-3-4-9-16(15)19)20-12-13-6-5-7-14(18)10-13/h3-11H,2,12H2,1H3. The molecule has 3 rings (SSSR count). The third-order valence-corrected chi connectivity index (χ3v) is 4.49. The van der Waals surface area contributed by atoms with E-state index < -0.39 is 0 Å². The predicted octanol–water partition coefficient (Wildman–Crippen LogP) is 5.09. The molecule has 1 nitrogen and oxygen atoms in total. The van der Waals surface area contributed by atoms with Crippen LogP contribution in [0.15, 0.2) is 59.6 Å². The number of nitrogens with zero attached hydrogens (tertiary/aromatic N) is 1. The maximum absolute atomic E-state index is 13.2. The summed E-state index contributed by atoms with van der Waals surface area (Å²) in [5.74, 6) is 0.620. The van der Waals surface area contributed by atoms with Crippen molar-refractivity contribution >= 4 is 22.7 Å². The van der Waals surface area contributed by atoms with Gasteiger partial charge in [0.15, 0.2) is 0 Å². The summed E-state index contributed by atoms with van der Waals surface area (Å²) in [7, 11) is 0. The number of fused-ring (bicyclic) bond motifs is 1. The minimum Gasteiger partial charge on any atom is -0.347 e. The van der Waals surface area contributed by atoms with Crippen molar-refractivity contribution in [3.8, 4) is 0 Å². The highest BCUT2D eigenvalue weighted by atomic mass is 32.2. The van der Waals surface area contributed by atoms with Crippen LogP contribution in [0.3, 0.4) is 0 Å². The Morgan fingerprint density at radius 3 is 2.75 bits per heavy atom. The van der Waals surface area contributed by atoms with Crippen LogP contribution in [0.1, 0.15) is 12.5 Å². The highest BCUT2D eigenvalue weighted by Crippen LogP contribution is 2.32. The second-order valence-corrected chi connectivity index (χ2v) is 5.73. The SMILES string of the molecule is CCn1cc(SCc2cccc(F)c2)c2ccccc21. The molecule has 0 fully saturated rings. The smallest absolute Gasteiger partial charge is 0.123 e. The molecule has 3 heteroatoms. The fourth-order valence-corrected chi connectivity index (χ4v) is 3.41. The van der Waals surface area contributed by atoms with Crippen molar-refractivity contribution in [1.29, 1.82) is 0 Å². The second-order valence-electron chi connectivity index (χ2n) is 4.72. The molecule has 0 saturated carbocycles. The molecule has 0 bridgehead atoms. The molecule has 0 aliphatic heterocycles. The minimum absolute atomic E-state index is 0.168. The van der Waals surface area contributed by atoms with E-state index in [9.17, 15) is 4.39 Å². The van der Waals surface area contributed by atoms with Gasteiger partial charge < -0.3 is 4.57 Å². The van der Waals surface area contributed by atoms with E-state index in [0.717, 1.165) is 17.9 Å². The number of aryl methyl sites for hydroxylation is 1. The summed E-state index contributed by atoms with van der Waals surface area (Å²) in [5.41, 5.74) is 2.28. The molecule has 20 heavy (non-hydrogen) atoms. The molecule has 0 spiro atoms. The van der Waals surface area contributed by atoms with Gasteiger partial charge >= 0.3 is 0 Å². The van der Waals surface area contributed by atoms with Gasteiger partial charge in [-0.3, -0.25) is 0 Å². The predicted molar refractivity (Wildman–Crippen MR) is 83.6 cm³/mol. The van der Waals surface area contributed by atoms with Crippen LogP contribution in [-0.2, 0) is 12.3 Å². The number of rotatable bonds is 4. The van der Waals surface area contributed by atoms with Crippen molar-refractivity contribution in [1.82, 2.24) is 4.57 Å². The van der Waals surface area contributed by atoms with E-state index >= 15 is 0 Å². The van der Waals surface area contributed by atoms with E-state index in [4.69, 9.17) is 0 Å². The second kappa shape index (κ2) is 5.71. The molecule has 0 atom stereocenters. The van der Waals surface area contributed by atoms with Crippen LogP contribution in [0.25, 0.3) is 10.9 Å². The Kier molecular flexibility index (Phi) is 3.79. The summed E-state index contributed by atoms with van der Waals surface area (Å²) in [6, 6.07) is 15.2. The van der Waals surface area contributed by atoms with Crippen molar-refractivity contribution < 1.29 is 4.39 Å².